The molecule has 0 saturated carbocycles. The summed E-state index contributed by atoms with van der Waals surface area (Å²) in [6.45, 7) is 3.20. The number of benzene rings is 1. The van der Waals surface area contributed by atoms with Gasteiger partial charge in [0.1, 0.15) is 5.82 Å². The molecule has 0 saturated heterocycles. The Morgan fingerprint density at radius 2 is 2.15 bits per heavy atom. The summed E-state index contributed by atoms with van der Waals surface area (Å²) in [7, 11) is 1.76. The van der Waals surface area contributed by atoms with Gasteiger partial charge in [-0.05, 0) is 25.8 Å². The molecule has 0 fully saturated rings. The maximum atomic E-state index is 12.9. The molecule has 1 aliphatic rings. The lowest BCUT2D eigenvalue weighted by Crippen LogP contribution is -2.28. The average Bonchev–Trinajstić information content (AvgIpc) is 3.07. The lowest BCUT2D eigenvalue weighted by Gasteiger charge is -2.16. The molecule has 2 aromatic heterocycles. The number of amides is 1. The van der Waals surface area contributed by atoms with E-state index in [-0.39, 0.29) is 5.91 Å². The Hall–Kier alpha value is -2.34. The molecule has 1 aliphatic heterocycles. The van der Waals surface area contributed by atoms with Crippen molar-refractivity contribution in [3.63, 3.8) is 0 Å². The minimum Gasteiger partial charge on any atom is -0.449 e. The molecule has 0 aliphatic carbocycles. The van der Waals surface area contributed by atoms with Gasteiger partial charge in [-0.3, -0.25) is 4.79 Å². The van der Waals surface area contributed by atoms with Crippen LogP contribution >= 0.6 is 11.6 Å². The zero-order valence-electron chi connectivity index (χ0n) is 15.0. The van der Waals surface area contributed by atoms with Crippen molar-refractivity contribution >= 4 is 28.5 Å². The first-order chi connectivity index (χ1) is 12.6. The van der Waals surface area contributed by atoms with E-state index in [4.69, 9.17) is 16.0 Å². The fourth-order valence-corrected chi connectivity index (χ4v) is 3.75. The molecule has 7 heteroatoms. The quantitative estimate of drug-likeness (QED) is 0.697. The van der Waals surface area contributed by atoms with Crippen LogP contribution < -0.4 is 0 Å². The number of fused-ring (bicyclic) bond motifs is 2. The summed E-state index contributed by atoms with van der Waals surface area (Å²) in [5.74, 6) is 1.99. The number of nitrogens with zero attached hydrogens (tertiary/aromatic N) is 4. The summed E-state index contributed by atoms with van der Waals surface area (Å²) >= 11 is 6.20. The monoisotopic (exact) mass is 372 g/mol. The highest BCUT2D eigenvalue weighted by atomic mass is 35.5. The van der Waals surface area contributed by atoms with Gasteiger partial charge in [-0.1, -0.05) is 30.2 Å². The van der Waals surface area contributed by atoms with Crippen LogP contribution in [0.1, 0.15) is 47.0 Å². The Bertz CT molecular complexity index is 975. The smallest absolute Gasteiger partial charge is 0.290 e. The first-order valence-corrected chi connectivity index (χ1v) is 9.28. The molecule has 0 spiro atoms. The molecule has 0 N–H and O–H groups in total. The molecule has 3 aromatic rings. The largest absolute Gasteiger partial charge is 0.449 e. The Kier molecular flexibility index (Phi) is 4.44. The zero-order valence-corrected chi connectivity index (χ0v) is 15.7. The predicted molar refractivity (Wildman–Crippen MR) is 99.3 cm³/mol. The number of hydrogen-bond acceptors (Lipinski definition) is 4. The van der Waals surface area contributed by atoms with Gasteiger partial charge >= 0.3 is 0 Å². The minimum absolute atomic E-state index is 0.180. The summed E-state index contributed by atoms with van der Waals surface area (Å²) in [4.78, 5) is 14.6. The molecule has 6 nitrogen and oxygen atoms in total. The fraction of sp³-hybridized carbons (Fsp3) is 0.421. The lowest BCUT2D eigenvalue weighted by atomic mass is 10.1. The molecule has 136 valence electrons. The Morgan fingerprint density at radius 1 is 1.31 bits per heavy atom. The lowest BCUT2D eigenvalue weighted by molar-refractivity contribution is 0.0749. The first kappa shape index (κ1) is 17.1. The van der Waals surface area contributed by atoms with Gasteiger partial charge in [-0.15, -0.1) is 10.2 Å². The number of furan rings is 1. The highest BCUT2D eigenvalue weighted by molar-refractivity contribution is 6.35. The van der Waals surface area contributed by atoms with Crippen LogP contribution in [0.4, 0.5) is 0 Å². The van der Waals surface area contributed by atoms with Crippen molar-refractivity contribution < 1.29 is 9.21 Å². The third-order valence-corrected chi connectivity index (χ3v) is 5.32. The standard InChI is InChI=1S/C19H21ClN4O2/c1-12-13-7-6-8-14(20)18(13)26-17(12)19(25)23(2)11-16-22-21-15-9-4-3-5-10-24(15)16/h6-8H,3-5,9-11H2,1-2H3. The normalized spacial score (nSPS) is 14.3. The second-order valence-corrected chi connectivity index (χ2v) is 7.24. The Balaban J connectivity index is 1.60. The molecule has 0 unspecified atom stereocenters. The molecule has 3 heterocycles. The molecular weight excluding hydrogens is 352 g/mol. The van der Waals surface area contributed by atoms with Crippen LogP contribution in [0, 0.1) is 6.92 Å². The summed E-state index contributed by atoms with van der Waals surface area (Å²) in [6, 6.07) is 5.53. The molecule has 4 rings (SSSR count). The highest BCUT2D eigenvalue weighted by Gasteiger charge is 2.24. The SMILES string of the molecule is Cc1c(C(=O)N(C)Cc2nnc3n2CCCCC3)oc2c(Cl)cccc12. The molecule has 1 aromatic carbocycles. The van der Waals surface area contributed by atoms with E-state index in [1.165, 1.54) is 6.42 Å². The van der Waals surface area contributed by atoms with Gasteiger partial charge < -0.3 is 13.9 Å². The van der Waals surface area contributed by atoms with E-state index in [9.17, 15) is 4.79 Å². The number of halogens is 1. The van der Waals surface area contributed by atoms with E-state index in [2.05, 4.69) is 14.8 Å². The highest BCUT2D eigenvalue weighted by Crippen LogP contribution is 2.31. The Morgan fingerprint density at radius 3 is 2.96 bits per heavy atom. The van der Waals surface area contributed by atoms with Gasteiger partial charge in [0, 0.05) is 31.0 Å². The molecule has 0 bridgehead atoms. The van der Waals surface area contributed by atoms with E-state index in [1.807, 2.05) is 19.1 Å². The number of aryl methyl sites for hydroxylation is 2. The summed E-state index contributed by atoms with van der Waals surface area (Å²) < 4.78 is 7.95. The summed E-state index contributed by atoms with van der Waals surface area (Å²) in [5, 5.41) is 9.98. The van der Waals surface area contributed by atoms with E-state index in [0.717, 1.165) is 48.4 Å². The van der Waals surface area contributed by atoms with Gasteiger partial charge in [-0.2, -0.15) is 0 Å². The van der Waals surface area contributed by atoms with Crippen LogP contribution in [0.2, 0.25) is 5.02 Å². The average molecular weight is 373 g/mol. The number of carbonyl (C=O) groups excluding carboxylic acids is 1. The van der Waals surface area contributed by atoms with E-state index >= 15 is 0 Å². The van der Waals surface area contributed by atoms with Gasteiger partial charge in [0.15, 0.2) is 17.2 Å². The number of aromatic nitrogens is 3. The predicted octanol–water partition coefficient (Wildman–Crippen LogP) is 3.98. The second kappa shape index (κ2) is 6.76. The molecule has 1 amide bonds. The topological polar surface area (TPSA) is 64.2 Å². The van der Waals surface area contributed by atoms with Crippen LogP contribution in [0.5, 0.6) is 0 Å². The van der Waals surface area contributed by atoms with Crippen LogP contribution in [-0.2, 0) is 19.5 Å². The minimum atomic E-state index is -0.180. The van der Waals surface area contributed by atoms with Crippen molar-refractivity contribution in [1.82, 2.24) is 19.7 Å². The third kappa shape index (κ3) is 2.88. The van der Waals surface area contributed by atoms with Gasteiger partial charge in [0.05, 0.1) is 11.6 Å². The fourth-order valence-electron chi connectivity index (χ4n) is 3.53. The third-order valence-electron chi connectivity index (χ3n) is 5.02. The first-order valence-electron chi connectivity index (χ1n) is 8.90. The molecule has 26 heavy (non-hydrogen) atoms. The number of carbonyl (C=O) groups is 1. The van der Waals surface area contributed by atoms with E-state index in [0.29, 0.717) is 22.9 Å². The van der Waals surface area contributed by atoms with Gasteiger partial charge in [0.2, 0.25) is 0 Å². The van der Waals surface area contributed by atoms with Crippen LogP contribution in [0.25, 0.3) is 11.0 Å². The van der Waals surface area contributed by atoms with Crippen LogP contribution in [0.3, 0.4) is 0 Å². The van der Waals surface area contributed by atoms with Crippen LogP contribution in [-0.4, -0.2) is 32.6 Å². The van der Waals surface area contributed by atoms with Crippen molar-refractivity contribution in [2.24, 2.45) is 0 Å². The maximum Gasteiger partial charge on any atom is 0.290 e. The summed E-state index contributed by atoms with van der Waals surface area (Å²) in [6.07, 6.45) is 4.42. The Labute approximate surface area is 156 Å². The zero-order chi connectivity index (χ0) is 18.3. The van der Waals surface area contributed by atoms with Crippen molar-refractivity contribution in [2.75, 3.05) is 7.05 Å². The number of para-hydroxylation sites is 1. The number of hydrogen-bond donors (Lipinski definition) is 0. The van der Waals surface area contributed by atoms with Gasteiger partial charge in [0.25, 0.3) is 5.91 Å². The van der Waals surface area contributed by atoms with Gasteiger partial charge in [-0.25, -0.2) is 0 Å². The maximum absolute atomic E-state index is 12.9. The number of rotatable bonds is 3. The van der Waals surface area contributed by atoms with Crippen molar-refractivity contribution in [3.05, 3.63) is 46.2 Å². The van der Waals surface area contributed by atoms with Crippen LogP contribution in [0.15, 0.2) is 22.6 Å². The van der Waals surface area contributed by atoms with Crippen molar-refractivity contribution in [2.45, 2.75) is 45.7 Å². The van der Waals surface area contributed by atoms with E-state index < -0.39 is 0 Å². The van der Waals surface area contributed by atoms with Crippen molar-refractivity contribution in [1.29, 1.82) is 0 Å². The molecule has 0 atom stereocenters. The second-order valence-electron chi connectivity index (χ2n) is 6.83. The summed E-state index contributed by atoms with van der Waals surface area (Å²) in [5.41, 5.74) is 1.36. The molecule has 0 radical (unpaired) electrons. The molecular formula is C19H21ClN4O2. The van der Waals surface area contributed by atoms with Crippen molar-refractivity contribution in [3.8, 4) is 0 Å². The van der Waals surface area contributed by atoms with E-state index in [1.54, 1.807) is 18.0 Å².